The molecule has 1 aliphatic carbocycles. The first-order valence-corrected chi connectivity index (χ1v) is 13.0. The van der Waals surface area contributed by atoms with Gasteiger partial charge in [0.25, 0.3) is 0 Å². The normalized spacial score (nSPS) is 22.3. The summed E-state index contributed by atoms with van der Waals surface area (Å²) in [7, 11) is 0. The summed E-state index contributed by atoms with van der Waals surface area (Å²) < 4.78 is 0. The summed E-state index contributed by atoms with van der Waals surface area (Å²) in [5.41, 5.74) is 2.30. The molecule has 3 atom stereocenters. The fourth-order valence-electron chi connectivity index (χ4n) is 6.75. The van der Waals surface area contributed by atoms with E-state index in [9.17, 15) is 14.4 Å². The van der Waals surface area contributed by atoms with Crippen molar-refractivity contribution >= 4 is 40.7 Å². The molecule has 5 heteroatoms. The zero-order chi connectivity index (χ0) is 26.0. The summed E-state index contributed by atoms with van der Waals surface area (Å²) in [6, 6.07) is 29.8. The number of ketones is 3. The van der Waals surface area contributed by atoms with E-state index in [1.165, 1.54) is 0 Å². The van der Waals surface area contributed by atoms with Gasteiger partial charge in [0, 0.05) is 33.3 Å². The third-order valence-corrected chi connectivity index (χ3v) is 8.49. The molecular formula is C33H22ClNO3. The molecule has 0 aromatic heterocycles. The van der Waals surface area contributed by atoms with Gasteiger partial charge in [0.15, 0.2) is 17.3 Å². The highest BCUT2D eigenvalue weighted by atomic mass is 35.5. The predicted molar refractivity (Wildman–Crippen MR) is 148 cm³/mol. The number of rotatable bonds is 3. The zero-order valence-corrected chi connectivity index (χ0v) is 21.0. The second kappa shape index (κ2) is 8.37. The molecule has 0 bridgehead atoms. The Kier molecular flexibility index (Phi) is 5.04. The Labute approximate surface area is 225 Å². The van der Waals surface area contributed by atoms with Crippen molar-refractivity contribution in [2.45, 2.75) is 18.0 Å². The van der Waals surface area contributed by atoms with Crippen LogP contribution in [0.15, 0.2) is 109 Å². The van der Waals surface area contributed by atoms with E-state index < -0.39 is 23.4 Å². The summed E-state index contributed by atoms with van der Waals surface area (Å²) >= 11 is 6.34. The highest BCUT2D eigenvalue weighted by Crippen LogP contribution is 2.61. The van der Waals surface area contributed by atoms with E-state index in [1.807, 2.05) is 77.7 Å². The zero-order valence-electron chi connectivity index (χ0n) is 20.3. The van der Waals surface area contributed by atoms with Crippen molar-refractivity contribution in [1.29, 1.82) is 0 Å². The summed E-state index contributed by atoms with van der Waals surface area (Å²) in [4.78, 5) is 45.5. The topological polar surface area (TPSA) is 54.5 Å². The number of hydrogen-bond donors (Lipinski definition) is 0. The lowest BCUT2D eigenvalue weighted by atomic mass is 9.64. The second-order valence-corrected chi connectivity index (χ2v) is 10.5. The minimum Gasteiger partial charge on any atom is -0.352 e. The minimum absolute atomic E-state index is 0.130. The molecule has 7 rings (SSSR count). The van der Waals surface area contributed by atoms with Crippen LogP contribution in [0.5, 0.6) is 0 Å². The third-order valence-electron chi connectivity index (χ3n) is 8.25. The quantitative estimate of drug-likeness (QED) is 0.226. The summed E-state index contributed by atoms with van der Waals surface area (Å²) in [5, 5.41) is 0.576. The molecule has 2 heterocycles. The van der Waals surface area contributed by atoms with Gasteiger partial charge in [0.1, 0.15) is 11.5 Å². The van der Waals surface area contributed by atoms with Gasteiger partial charge in [0.2, 0.25) is 0 Å². The Bertz CT molecular complexity index is 1630. The Morgan fingerprint density at radius 3 is 2.03 bits per heavy atom. The molecular weight excluding hydrogens is 494 g/mol. The molecule has 3 aliphatic rings. The van der Waals surface area contributed by atoms with Crippen LogP contribution in [0.1, 0.15) is 48.1 Å². The van der Waals surface area contributed by atoms with Crippen molar-refractivity contribution in [1.82, 2.24) is 0 Å². The van der Waals surface area contributed by atoms with Gasteiger partial charge in [-0.05, 0) is 29.3 Å². The van der Waals surface area contributed by atoms with E-state index in [2.05, 4.69) is 0 Å². The molecule has 184 valence electrons. The number of fused-ring (bicyclic) bond motifs is 5. The van der Waals surface area contributed by atoms with Crippen LogP contribution < -0.4 is 4.90 Å². The van der Waals surface area contributed by atoms with E-state index in [0.29, 0.717) is 21.7 Å². The number of halogens is 1. The van der Waals surface area contributed by atoms with Gasteiger partial charge in [-0.3, -0.25) is 14.4 Å². The van der Waals surface area contributed by atoms with Gasteiger partial charge in [-0.25, -0.2) is 0 Å². The summed E-state index contributed by atoms with van der Waals surface area (Å²) in [6.07, 6.45) is 3.83. The van der Waals surface area contributed by atoms with Crippen LogP contribution in [0.3, 0.4) is 0 Å². The smallest absolute Gasteiger partial charge is 0.185 e. The molecule has 1 spiro atoms. The molecule has 4 aromatic carbocycles. The molecule has 1 fully saturated rings. The molecule has 2 aliphatic heterocycles. The van der Waals surface area contributed by atoms with Crippen molar-refractivity contribution < 1.29 is 14.4 Å². The average Bonchev–Trinajstić information content (AvgIpc) is 3.39. The maximum absolute atomic E-state index is 14.5. The Morgan fingerprint density at radius 1 is 0.763 bits per heavy atom. The van der Waals surface area contributed by atoms with Crippen LogP contribution >= 0.6 is 11.6 Å². The molecule has 1 saturated heterocycles. The van der Waals surface area contributed by atoms with Gasteiger partial charge >= 0.3 is 0 Å². The van der Waals surface area contributed by atoms with Gasteiger partial charge < -0.3 is 4.90 Å². The number of carbonyl (C=O) groups is 3. The second-order valence-electron chi connectivity index (χ2n) is 10.1. The van der Waals surface area contributed by atoms with Crippen molar-refractivity contribution in [3.05, 3.63) is 142 Å². The van der Waals surface area contributed by atoms with Gasteiger partial charge in [0.05, 0.1) is 6.04 Å². The number of Topliss-reactive ketones (excluding diaryl/α,β-unsaturated/α-hetero) is 3. The molecule has 0 unspecified atom stereocenters. The average molecular weight is 516 g/mol. The fourth-order valence-corrected chi connectivity index (χ4v) is 6.93. The highest BCUT2D eigenvalue weighted by Gasteiger charge is 2.71. The van der Waals surface area contributed by atoms with Crippen molar-refractivity contribution in [2.75, 3.05) is 4.90 Å². The first-order valence-electron chi connectivity index (χ1n) is 12.6. The molecule has 0 saturated carbocycles. The monoisotopic (exact) mass is 515 g/mol. The molecule has 38 heavy (non-hydrogen) atoms. The SMILES string of the molecule is O=C(c1ccccc1)[C@H]1[C@H](c2ccccc2)C2(C(=O)c3ccccc3C2=O)[C@H]2C=Cc3cc(Cl)ccc3N12. The fraction of sp³-hybridized carbons (Fsp3) is 0.121. The first-order chi connectivity index (χ1) is 18.5. The lowest BCUT2D eigenvalue weighted by Gasteiger charge is -2.37. The Morgan fingerprint density at radius 2 is 1.37 bits per heavy atom. The van der Waals surface area contributed by atoms with Crippen LogP contribution in [0.25, 0.3) is 6.08 Å². The van der Waals surface area contributed by atoms with E-state index in [1.54, 1.807) is 42.5 Å². The summed E-state index contributed by atoms with van der Waals surface area (Å²) in [5.74, 6) is -1.30. The van der Waals surface area contributed by atoms with E-state index in [-0.39, 0.29) is 17.3 Å². The van der Waals surface area contributed by atoms with Crippen molar-refractivity contribution in [2.24, 2.45) is 5.41 Å². The first kappa shape index (κ1) is 22.9. The van der Waals surface area contributed by atoms with E-state index in [4.69, 9.17) is 11.6 Å². The Balaban J connectivity index is 1.55. The largest absolute Gasteiger partial charge is 0.352 e. The lowest BCUT2D eigenvalue weighted by Crippen LogP contribution is -2.48. The van der Waals surface area contributed by atoms with Crippen LogP contribution in [0.4, 0.5) is 5.69 Å². The highest BCUT2D eigenvalue weighted by molar-refractivity contribution is 6.32. The van der Waals surface area contributed by atoms with Gasteiger partial charge in [-0.15, -0.1) is 0 Å². The Hall–Kier alpha value is -4.28. The number of anilines is 1. The molecule has 0 radical (unpaired) electrons. The van der Waals surface area contributed by atoms with Gasteiger partial charge in [-0.2, -0.15) is 0 Å². The van der Waals surface area contributed by atoms with Crippen molar-refractivity contribution in [3.8, 4) is 0 Å². The lowest BCUT2D eigenvalue weighted by molar-refractivity contribution is 0.0666. The number of nitrogens with zero attached hydrogens (tertiary/aromatic N) is 1. The minimum atomic E-state index is -1.49. The predicted octanol–water partition coefficient (Wildman–Crippen LogP) is 6.66. The molecule has 0 N–H and O–H groups in total. The van der Waals surface area contributed by atoms with E-state index >= 15 is 0 Å². The van der Waals surface area contributed by atoms with E-state index in [0.717, 1.165) is 16.8 Å². The molecule has 4 aromatic rings. The molecule has 0 amide bonds. The number of benzene rings is 4. The van der Waals surface area contributed by atoms with Crippen LogP contribution in [-0.2, 0) is 0 Å². The maximum Gasteiger partial charge on any atom is 0.185 e. The van der Waals surface area contributed by atoms with Gasteiger partial charge in [-0.1, -0.05) is 109 Å². The van der Waals surface area contributed by atoms with Crippen LogP contribution in [0.2, 0.25) is 5.02 Å². The molecule has 4 nitrogen and oxygen atoms in total. The third kappa shape index (κ3) is 2.95. The van der Waals surface area contributed by atoms with Crippen LogP contribution in [-0.4, -0.2) is 29.4 Å². The maximum atomic E-state index is 14.5. The standard InChI is InChI=1S/C33H22ClNO3/c34-23-16-17-26-22(19-23)15-18-27-33(31(37)24-13-7-8-14-25(24)32(33)38)28(20-9-3-1-4-10-20)29(35(26)27)30(36)21-11-5-2-6-12-21/h1-19,27-29H/t27-,28+,29-/m1/s1. The van der Waals surface area contributed by atoms with Crippen molar-refractivity contribution in [3.63, 3.8) is 0 Å². The number of carbonyl (C=O) groups excluding carboxylic acids is 3. The number of hydrogen-bond acceptors (Lipinski definition) is 4. The van der Waals surface area contributed by atoms with Crippen LogP contribution in [0, 0.1) is 5.41 Å². The summed E-state index contributed by atoms with van der Waals surface area (Å²) in [6.45, 7) is 0.